The van der Waals surface area contributed by atoms with E-state index in [-0.39, 0.29) is 23.8 Å². The minimum absolute atomic E-state index is 0.0829. The largest absolute Gasteiger partial charge is 0.453 e. The Morgan fingerprint density at radius 3 is 2.58 bits per heavy atom. The lowest BCUT2D eigenvalue weighted by molar-refractivity contribution is -0.120. The predicted octanol–water partition coefficient (Wildman–Crippen LogP) is 4.35. The summed E-state index contributed by atoms with van der Waals surface area (Å²) in [5.41, 5.74) is 5.52. The summed E-state index contributed by atoms with van der Waals surface area (Å²) in [6, 6.07) is 14.6. The fourth-order valence-corrected chi connectivity index (χ4v) is 3.58. The second-order valence-corrected chi connectivity index (χ2v) is 7.31. The molecule has 1 aromatic heterocycles. The van der Waals surface area contributed by atoms with E-state index in [9.17, 15) is 14.0 Å². The Bertz CT molecular complexity index is 1130. The first kappa shape index (κ1) is 20.5. The van der Waals surface area contributed by atoms with Gasteiger partial charge in [0, 0.05) is 17.5 Å². The quantitative estimate of drug-likeness (QED) is 0.378. The molecular formula is C24H21FN2O4. The number of hydrazone groups is 1. The first-order chi connectivity index (χ1) is 15.0. The Kier molecular flexibility index (Phi) is 5.93. The SMILES string of the molecule is Cc1c(C(=O)Oc2ccc(F)cc2)oc2c1/C(=N/NC(=O)Cc1ccccc1)CCC2. The number of fused-ring (bicyclic) bond motifs is 1. The zero-order valence-corrected chi connectivity index (χ0v) is 17.0. The van der Waals surface area contributed by atoms with Gasteiger partial charge in [-0.25, -0.2) is 14.6 Å². The maximum atomic E-state index is 13.1. The van der Waals surface area contributed by atoms with Gasteiger partial charge >= 0.3 is 5.97 Å². The summed E-state index contributed by atoms with van der Waals surface area (Å²) in [6.07, 6.45) is 2.34. The summed E-state index contributed by atoms with van der Waals surface area (Å²) in [4.78, 5) is 24.8. The van der Waals surface area contributed by atoms with Crippen molar-refractivity contribution in [1.29, 1.82) is 0 Å². The van der Waals surface area contributed by atoms with Crippen molar-refractivity contribution in [2.75, 3.05) is 0 Å². The van der Waals surface area contributed by atoms with Gasteiger partial charge in [-0.05, 0) is 49.6 Å². The monoisotopic (exact) mass is 420 g/mol. The molecule has 3 aromatic rings. The standard InChI is InChI=1S/C24H21FN2O4/c1-15-22-19(26-27-21(28)14-16-6-3-2-4-7-16)8-5-9-20(22)31-23(15)24(29)30-18-12-10-17(25)11-13-18/h2-4,6-7,10-13H,5,8-9,14H2,1H3,(H,27,28)/b26-19+. The second-order valence-electron chi connectivity index (χ2n) is 7.31. The number of esters is 1. The molecule has 0 bridgehead atoms. The predicted molar refractivity (Wildman–Crippen MR) is 113 cm³/mol. The molecule has 31 heavy (non-hydrogen) atoms. The van der Waals surface area contributed by atoms with E-state index >= 15 is 0 Å². The van der Waals surface area contributed by atoms with Crippen molar-refractivity contribution in [3.05, 3.63) is 88.6 Å². The fourth-order valence-electron chi connectivity index (χ4n) is 3.58. The Labute approximate surface area is 178 Å². The summed E-state index contributed by atoms with van der Waals surface area (Å²) < 4.78 is 24.1. The van der Waals surface area contributed by atoms with Gasteiger partial charge in [-0.15, -0.1) is 0 Å². The van der Waals surface area contributed by atoms with Crippen LogP contribution in [0.5, 0.6) is 5.75 Å². The number of hydrogen-bond acceptors (Lipinski definition) is 5. The molecule has 1 aliphatic carbocycles. The van der Waals surface area contributed by atoms with Gasteiger partial charge in [-0.3, -0.25) is 4.79 Å². The number of carbonyl (C=O) groups is 2. The third-order valence-corrected chi connectivity index (χ3v) is 5.06. The molecule has 0 radical (unpaired) electrons. The van der Waals surface area contributed by atoms with Crippen molar-refractivity contribution in [3.8, 4) is 5.75 Å². The van der Waals surface area contributed by atoms with E-state index in [1.807, 2.05) is 30.3 Å². The maximum Gasteiger partial charge on any atom is 0.379 e. The Hall–Kier alpha value is -3.74. The van der Waals surface area contributed by atoms with Crippen LogP contribution in [0.3, 0.4) is 0 Å². The minimum atomic E-state index is -0.661. The van der Waals surface area contributed by atoms with Crippen LogP contribution < -0.4 is 10.2 Å². The van der Waals surface area contributed by atoms with E-state index in [4.69, 9.17) is 9.15 Å². The number of halogens is 1. The highest BCUT2D eigenvalue weighted by atomic mass is 19.1. The van der Waals surface area contributed by atoms with Crippen molar-refractivity contribution >= 4 is 17.6 Å². The van der Waals surface area contributed by atoms with Crippen LogP contribution in [-0.4, -0.2) is 17.6 Å². The number of nitrogens with zero attached hydrogens (tertiary/aromatic N) is 1. The average molecular weight is 420 g/mol. The third kappa shape index (κ3) is 4.71. The topological polar surface area (TPSA) is 80.9 Å². The van der Waals surface area contributed by atoms with Gasteiger partial charge < -0.3 is 9.15 Å². The summed E-state index contributed by atoms with van der Waals surface area (Å²) in [5.74, 6) is -0.346. The van der Waals surface area contributed by atoms with Gasteiger partial charge in [-0.2, -0.15) is 5.10 Å². The first-order valence-corrected chi connectivity index (χ1v) is 10.0. The lowest BCUT2D eigenvalue weighted by Crippen LogP contribution is -2.23. The summed E-state index contributed by atoms with van der Waals surface area (Å²) in [5, 5.41) is 4.31. The number of hydrogen-bond donors (Lipinski definition) is 1. The van der Waals surface area contributed by atoms with Crippen molar-refractivity contribution in [2.24, 2.45) is 5.10 Å². The second kappa shape index (κ2) is 8.95. The van der Waals surface area contributed by atoms with E-state index in [0.29, 0.717) is 29.9 Å². The van der Waals surface area contributed by atoms with Crippen LogP contribution in [0.25, 0.3) is 0 Å². The molecule has 1 amide bonds. The van der Waals surface area contributed by atoms with Crippen molar-refractivity contribution in [1.82, 2.24) is 5.43 Å². The third-order valence-electron chi connectivity index (χ3n) is 5.06. The van der Waals surface area contributed by atoms with Crippen LogP contribution in [0.2, 0.25) is 0 Å². The molecule has 7 heteroatoms. The van der Waals surface area contributed by atoms with Gasteiger partial charge in [0.1, 0.15) is 17.3 Å². The van der Waals surface area contributed by atoms with Crippen LogP contribution in [0.15, 0.2) is 64.1 Å². The molecule has 1 N–H and O–H groups in total. The number of nitrogens with one attached hydrogen (secondary N) is 1. The lowest BCUT2D eigenvalue weighted by Gasteiger charge is -2.13. The highest BCUT2D eigenvalue weighted by molar-refractivity contribution is 6.06. The molecule has 1 aliphatic rings. The van der Waals surface area contributed by atoms with Crippen molar-refractivity contribution in [2.45, 2.75) is 32.6 Å². The number of carbonyl (C=O) groups excluding carboxylic acids is 2. The molecule has 0 unspecified atom stereocenters. The number of amides is 1. The number of benzene rings is 2. The van der Waals surface area contributed by atoms with E-state index < -0.39 is 11.8 Å². The Morgan fingerprint density at radius 2 is 1.84 bits per heavy atom. The van der Waals surface area contributed by atoms with E-state index in [1.54, 1.807) is 6.92 Å². The molecule has 1 heterocycles. The normalized spacial score (nSPS) is 14.2. The molecule has 158 valence electrons. The molecule has 0 saturated heterocycles. The van der Waals surface area contributed by atoms with Crippen LogP contribution in [0.4, 0.5) is 4.39 Å². The fraction of sp³-hybridized carbons (Fsp3) is 0.208. The molecule has 0 aliphatic heterocycles. The molecule has 0 fully saturated rings. The minimum Gasteiger partial charge on any atom is -0.453 e. The summed E-state index contributed by atoms with van der Waals surface area (Å²) >= 11 is 0. The zero-order chi connectivity index (χ0) is 21.8. The van der Waals surface area contributed by atoms with Crippen LogP contribution in [-0.2, 0) is 17.6 Å². The zero-order valence-electron chi connectivity index (χ0n) is 17.0. The van der Waals surface area contributed by atoms with Crippen molar-refractivity contribution < 1.29 is 23.1 Å². The molecule has 0 saturated carbocycles. The summed E-state index contributed by atoms with van der Waals surface area (Å²) in [7, 11) is 0. The number of ether oxygens (including phenoxy) is 1. The summed E-state index contributed by atoms with van der Waals surface area (Å²) in [6.45, 7) is 1.76. The molecule has 6 nitrogen and oxygen atoms in total. The van der Waals surface area contributed by atoms with E-state index in [1.165, 1.54) is 24.3 Å². The van der Waals surface area contributed by atoms with Gasteiger partial charge in [0.15, 0.2) is 0 Å². The lowest BCUT2D eigenvalue weighted by atomic mass is 9.93. The van der Waals surface area contributed by atoms with E-state index in [2.05, 4.69) is 10.5 Å². The number of rotatable bonds is 5. The molecule has 2 aromatic carbocycles. The smallest absolute Gasteiger partial charge is 0.379 e. The van der Waals surface area contributed by atoms with Gasteiger partial charge in [-0.1, -0.05) is 30.3 Å². The van der Waals surface area contributed by atoms with E-state index in [0.717, 1.165) is 17.5 Å². The molecule has 4 rings (SSSR count). The van der Waals surface area contributed by atoms with Crippen LogP contribution in [0, 0.1) is 12.7 Å². The van der Waals surface area contributed by atoms with Gasteiger partial charge in [0.25, 0.3) is 0 Å². The average Bonchev–Trinajstić information content (AvgIpc) is 3.12. The number of furan rings is 1. The van der Waals surface area contributed by atoms with Gasteiger partial charge in [0.05, 0.1) is 12.1 Å². The van der Waals surface area contributed by atoms with Crippen molar-refractivity contribution in [3.63, 3.8) is 0 Å². The molecule has 0 atom stereocenters. The highest BCUT2D eigenvalue weighted by Gasteiger charge is 2.29. The highest BCUT2D eigenvalue weighted by Crippen LogP contribution is 2.30. The molecular weight excluding hydrogens is 399 g/mol. The Balaban J connectivity index is 1.51. The van der Waals surface area contributed by atoms with Crippen LogP contribution >= 0.6 is 0 Å². The van der Waals surface area contributed by atoms with Gasteiger partial charge in [0.2, 0.25) is 11.7 Å². The first-order valence-electron chi connectivity index (χ1n) is 10.0. The maximum absolute atomic E-state index is 13.1. The Morgan fingerprint density at radius 1 is 1.10 bits per heavy atom. The molecule has 0 spiro atoms. The number of aryl methyl sites for hydroxylation is 1. The van der Waals surface area contributed by atoms with Crippen LogP contribution in [0.1, 0.15) is 45.8 Å².